The SMILES string of the molecule is O=C(O)CCC(=O)Nc1ccc(SCC(=O)Nc2ccc(Br)cc2)cc1. The highest BCUT2D eigenvalue weighted by atomic mass is 79.9. The number of amides is 2. The van der Waals surface area contributed by atoms with Gasteiger partial charge in [-0.3, -0.25) is 14.4 Å². The van der Waals surface area contributed by atoms with Gasteiger partial charge in [0, 0.05) is 27.2 Å². The number of carbonyl (C=O) groups is 3. The molecule has 0 unspecified atom stereocenters. The number of hydrogen-bond acceptors (Lipinski definition) is 4. The molecule has 0 aliphatic heterocycles. The average molecular weight is 437 g/mol. The van der Waals surface area contributed by atoms with Gasteiger partial charge >= 0.3 is 5.97 Å². The summed E-state index contributed by atoms with van der Waals surface area (Å²) >= 11 is 4.72. The second-order valence-corrected chi connectivity index (χ2v) is 7.27. The van der Waals surface area contributed by atoms with Crippen molar-refractivity contribution in [2.24, 2.45) is 0 Å². The zero-order valence-corrected chi connectivity index (χ0v) is 16.1. The number of halogens is 1. The molecular weight excluding hydrogens is 420 g/mol. The molecule has 2 rings (SSSR count). The highest BCUT2D eigenvalue weighted by Gasteiger charge is 2.07. The van der Waals surface area contributed by atoms with Gasteiger partial charge in [-0.1, -0.05) is 15.9 Å². The van der Waals surface area contributed by atoms with Crippen LogP contribution in [0.2, 0.25) is 0 Å². The minimum atomic E-state index is -1.01. The van der Waals surface area contributed by atoms with Crippen LogP contribution in [-0.2, 0) is 14.4 Å². The number of thioether (sulfide) groups is 1. The number of carbonyl (C=O) groups excluding carboxylic acids is 2. The Bertz CT molecular complexity index is 779. The van der Waals surface area contributed by atoms with Crippen molar-refractivity contribution in [3.05, 3.63) is 53.0 Å². The van der Waals surface area contributed by atoms with Gasteiger partial charge in [-0.25, -0.2) is 0 Å². The van der Waals surface area contributed by atoms with E-state index in [1.165, 1.54) is 11.8 Å². The number of nitrogens with one attached hydrogen (secondary N) is 2. The van der Waals surface area contributed by atoms with E-state index in [-0.39, 0.29) is 30.4 Å². The molecule has 0 heterocycles. The van der Waals surface area contributed by atoms with Crippen LogP contribution in [0.15, 0.2) is 57.9 Å². The Kier molecular flexibility index (Phi) is 7.68. The van der Waals surface area contributed by atoms with E-state index in [1.54, 1.807) is 24.3 Å². The molecule has 0 radical (unpaired) electrons. The number of hydrogen-bond donors (Lipinski definition) is 3. The molecule has 0 atom stereocenters. The van der Waals surface area contributed by atoms with Gasteiger partial charge in [-0.05, 0) is 48.5 Å². The van der Waals surface area contributed by atoms with Gasteiger partial charge in [-0.15, -0.1) is 11.8 Å². The zero-order chi connectivity index (χ0) is 18.9. The molecule has 6 nitrogen and oxygen atoms in total. The van der Waals surface area contributed by atoms with Crippen molar-refractivity contribution in [2.45, 2.75) is 17.7 Å². The molecule has 0 fully saturated rings. The summed E-state index contributed by atoms with van der Waals surface area (Å²) in [6.45, 7) is 0. The highest BCUT2D eigenvalue weighted by molar-refractivity contribution is 9.10. The summed E-state index contributed by atoms with van der Waals surface area (Å²) in [5.74, 6) is -1.20. The number of carboxylic acid groups (broad SMARTS) is 1. The maximum Gasteiger partial charge on any atom is 0.303 e. The molecule has 0 bridgehead atoms. The maximum absolute atomic E-state index is 12.0. The molecule has 26 heavy (non-hydrogen) atoms. The third-order valence-electron chi connectivity index (χ3n) is 3.20. The molecule has 2 amide bonds. The Morgan fingerprint density at radius 2 is 1.38 bits per heavy atom. The Morgan fingerprint density at radius 3 is 1.96 bits per heavy atom. The summed E-state index contributed by atoms with van der Waals surface area (Å²) in [4.78, 5) is 34.9. The minimum Gasteiger partial charge on any atom is -0.481 e. The lowest BCUT2D eigenvalue weighted by Crippen LogP contribution is -2.14. The van der Waals surface area contributed by atoms with Crippen LogP contribution in [0.4, 0.5) is 11.4 Å². The largest absolute Gasteiger partial charge is 0.481 e. The molecule has 0 saturated heterocycles. The first-order valence-electron chi connectivity index (χ1n) is 7.72. The fraction of sp³-hybridized carbons (Fsp3) is 0.167. The van der Waals surface area contributed by atoms with Gasteiger partial charge in [0.05, 0.1) is 12.2 Å². The highest BCUT2D eigenvalue weighted by Crippen LogP contribution is 2.21. The Morgan fingerprint density at radius 1 is 0.846 bits per heavy atom. The summed E-state index contributed by atoms with van der Waals surface area (Å²) in [5.41, 5.74) is 1.32. The second kappa shape index (κ2) is 9.98. The van der Waals surface area contributed by atoms with E-state index in [0.29, 0.717) is 5.69 Å². The molecule has 2 aromatic carbocycles. The van der Waals surface area contributed by atoms with E-state index in [9.17, 15) is 14.4 Å². The monoisotopic (exact) mass is 436 g/mol. The first-order chi connectivity index (χ1) is 12.4. The molecule has 136 valence electrons. The summed E-state index contributed by atoms with van der Waals surface area (Å²) in [5, 5.41) is 14.0. The van der Waals surface area contributed by atoms with Crippen LogP contribution in [0.25, 0.3) is 0 Å². The first-order valence-corrected chi connectivity index (χ1v) is 9.50. The van der Waals surface area contributed by atoms with Crippen LogP contribution in [-0.4, -0.2) is 28.6 Å². The number of carboxylic acids is 1. The first kappa shape index (κ1) is 20.0. The van der Waals surface area contributed by atoms with Gasteiger partial charge in [0.2, 0.25) is 11.8 Å². The molecule has 0 saturated carbocycles. The molecule has 8 heteroatoms. The molecular formula is C18H17BrN2O4S. The van der Waals surface area contributed by atoms with Crippen molar-refractivity contribution in [1.82, 2.24) is 0 Å². The Hall–Kier alpha value is -2.32. The van der Waals surface area contributed by atoms with Crippen molar-refractivity contribution in [3.8, 4) is 0 Å². The topological polar surface area (TPSA) is 95.5 Å². The van der Waals surface area contributed by atoms with Crippen molar-refractivity contribution >= 4 is 56.9 Å². The van der Waals surface area contributed by atoms with E-state index in [1.807, 2.05) is 24.3 Å². The van der Waals surface area contributed by atoms with Gasteiger partial charge in [0.25, 0.3) is 0 Å². The van der Waals surface area contributed by atoms with Gasteiger partial charge in [-0.2, -0.15) is 0 Å². The van der Waals surface area contributed by atoms with E-state index in [4.69, 9.17) is 5.11 Å². The van der Waals surface area contributed by atoms with E-state index in [0.717, 1.165) is 15.1 Å². The van der Waals surface area contributed by atoms with Crippen LogP contribution in [0.3, 0.4) is 0 Å². The van der Waals surface area contributed by atoms with E-state index >= 15 is 0 Å². The number of anilines is 2. The third kappa shape index (κ3) is 7.28. The van der Waals surface area contributed by atoms with E-state index in [2.05, 4.69) is 26.6 Å². The van der Waals surface area contributed by atoms with Gasteiger partial charge in [0.15, 0.2) is 0 Å². The van der Waals surface area contributed by atoms with Crippen LogP contribution in [0, 0.1) is 0 Å². The number of rotatable bonds is 8. The molecule has 0 spiro atoms. The predicted octanol–water partition coefficient (Wildman–Crippen LogP) is 3.98. The number of aliphatic carboxylic acids is 1. The zero-order valence-electron chi connectivity index (χ0n) is 13.7. The normalized spacial score (nSPS) is 10.2. The molecule has 3 N–H and O–H groups in total. The summed E-state index contributed by atoms with van der Waals surface area (Å²) in [6, 6.07) is 14.4. The fourth-order valence-electron chi connectivity index (χ4n) is 1.96. The molecule has 0 aliphatic carbocycles. The van der Waals surface area contributed by atoms with Crippen molar-refractivity contribution in [3.63, 3.8) is 0 Å². The van der Waals surface area contributed by atoms with Crippen molar-refractivity contribution in [1.29, 1.82) is 0 Å². The lowest BCUT2D eigenvalue weighted by Gasteiger charge is -2.07. The smallest absolute Gasteiger partial charge is 0.303 e. The quantitative estimate of drug-likeness (QED) is 0.543. The summed E-state index contributed by atoms with van der Waals surface area (Å²) in [6.07, 6.45) is -0.269. The van der Waals surface area contributed by atoms with Crippen LogP contribution >= 0.6 is 27.7 Å². The molecule has 0 aromatic heterocycles. The lowest BCUT2D eigenvalue weighted by molar-refractivity contribution is -0.138. The van der Waals surface area contributed by atoms with Crippen molar-refractivity contribution < 1.29 is 19.5 Å². The van der Waals surface area contributed by atoms with Crippen LogP contribution in [0.5, 0.6) is 0 Å². The third-order valence-corrected chi connectivity index (χ3v) is 4.74. The summed E-state index contributed by atoms with van der Waals surface area (Å²) < 4.78 is 0.944. The lowest BCUT2D eigenvalue weighted by atomic mass is 10.2. The Labute approximate surface area is 163 Å². The van der Waals surface area contributed by atoms with Crippen molar-refractivity contribution in [2.75, 3.05) is 16.4 Å². The molecule has 2 aromatic rings. The van der Waals surface area contributed by atoms with Crippen LogP contribution in [0.1, 0.15) is 12.8 Å². The summed E-state index contributed by atoms with van der Waals surface area (Å²) in [7, 11) is 0. The predicted molar refractivity (Wildman–Crippen MR) is 105 cm³/mol. The molecule has 0 aliphatic rings. The standard InChI is InChI=1S/C18H17BrN2O4S/c19-12-1-3-13(4-2-12)21-17(23)11-26-15-7-5-14(6-8-15)20-16(22)9-10-18(24)25/h1-8H,9-11H2,(H,20,22)(H,21,23)(H,24,25). The fourth-order valence-corrected chi connectivity index (χ4v) is 2.92. The van der Waals surface area contributed by atoms with E-state index < -0.39 is 5.97 Å². The maximum atomic E-state index is 12.0. The van der Waals surface area contributed by atoms with Crippen LogP contribution < -0.4 is 10.6 Å². The van der Waals surface area contributed by atoms with Gasteiger partial charge < -0.3 is 15.7 Å². The number of benzene rings is 2. The van der Waals surface area contributed by atoms with Gasteiger partial charge in [0.1, 0.15) is 0 Å². The second-order valence-electron chi connectivity index (χ2n) is 5.31. The Balaban J connectivity index is 1.77. The minimum absolute atomic E-state index is 0.0674. The average Bonchev–Trinajstić information content (AvgIpc) is 2.61.